The van der Waals surface area contributed by atoms with Crippen molar-refractivity contribution >= 4 is 7.60 Å². The highest BCUT2D eigenvalue weighted by Crippen LogP contribution is 2.58. The van der Waals surface area contributed by atoms with Crippen molar-refractivity contribution in [3.05, 3.63) is 23.3 Å². The Balaban J connectivity index is 1.99. The second kappa shape index (κ2) is 8.24. The Kier molecular flexibility index (Phi) is 6.44. The third kappa shape index (κ3) is 4.24. The molecule has 29 heavy (non-hydrogen) atoms. The fourth-order valence-corrected chi connectivity index (χ4v) is 6.89. The molecule has 6 heteroatoms. The van der Waals surface area contributed by atoms with E-state index in [0.717, 1.165) is 29.7 Å². The minimum Gasteiger partial charge on any atom is -0.493 e. The van der Waals surface area contributed by atoms with E-state index in [-0.39, 0.29) is 17.2 Å². The van der Waals surface area contributed by atoms with E-state index in [9.17, 15) is 4.57 Å². The predicted molar refractivity (Wildman–Crippen MR) is 116 cm³/mol. The molecule has 1 saturated carbocycles. The third-order valence-electron chi connectivity index (χ3n) is 7.18. The van der Waals surface area contributed by atoms with Gasteiger partial charge in [-0.3, -0.25) is 4.57 Å². The minimum absolute atomic E-state index is 0.180. The third-order valence-corrected chi connectivity index (χ3v) is 9.23. The second-order valence-electron chi connectivity index (χ2n) is 9.32. The fraction of sp³-hybridized carbons (Fsp3) is 0.739. The number of rotatable bonds is 7. The summed E-state index contributed by atoms with van der Waals surface area (Å²) in [6, 6.07) is 4.03. The molecule has 0 saturated heterocycles. The molecule has 5 nitrogen and oxygen atoms in total. The van der Waals surface area contributed by atoms with Crippen molar-refractivity contribution < 1.29 is 23.1 Å². The van der Waals surface area contributed by atoms with Crippen LogP contribution in [0.5, 0.6) is 11.5 Å². The van der Waals surface area contributed by atoms with Gasteiger partial charge in [-0.05, 0) is 68.6 Å². The Hall–Kier alpha value is -1.03. The van der Waals surface area contributed by atoms with Crippen molar-refractivity contribution in [1.29, 1.82) is 0 Å². The lowest BCUT2D eigenvalue weighted by molar-refractivity contribution is -0.106. The van der Waals surface area contributed by atoms with E-state index in [1.54, 1.807) is 7.11 Å². The molecule has 0 N–H and O–H groups in total. The summed E-state index contributed by atoms with van der Waals surface area (Å²) in [5, 5.41) is 0. The first-order chi connectivity index (χ1) is 13.6. The van der Waals surface area contributed by atoms with E-state index in [2.05, 4.69) is 33.8 Å². The Labute approximate surface area is 176 Å². The van der Waals surface area contributed by atoms with Gasteiger partial charge in [-0.25, -0.2) is 0 Å². The van der Waals surface area contributed by atoms with Crippen molar-refractivity contribution in [2.45, 2.75) is 72.6 Å². The predicted octanol–water partition coefficient (Wildman–Crippen LogP) is 6.23. The molecule has 3 rings (SSSR count). The number of fused-ring (bicyclic) bond motifs is 2. The molecule has 1 aromatic rings. The topological polar surface area (TPSA) is 54.0 Å². The molecule has 0 unspecified atom stereocenters. The summed E-state index contributed by atoms with van der Waals surface area (Å²) < 4.78 is 36.4. The van der Waals surface area contributed by atoms with Crippen molar-refractivity contribution in [3.63, 3.8) is 0 Å². The van der Waals surface area contributed by atoms with Gasteiger partial charge in [0.25, 0.3) is 0 Å². The molecular weight excluding hydrogens is 387 g/mol. The van der Waals surface area contributed by atoms with Crippen molar-refractivity contribution in [3.8, 4) is 11.5 Å². The van der Waals surface area contributed by atoms with Crippen molar-refractivity contribution in [2.24, 2.45) is 17.3 Å². The van der Waals surface area contributed by atoms with Gasteiger partial charge in [-0.1, -0.05) is 26.8 Å². The van der Waals surface area contributed by atoms with Gasteiger partial charge >= 0.3 is 7.60 Å². The van der Waals surface area contributed by atoms with Crippen LogP contribution in [-0.2, 0) is 26.2 Å². The van der Waals surface area contributed by atoms with Gasteiger partial charge in [0.2, 0.25) is 0 Å². The number of methoxy groups -OCH3 is 1. The highest BCUT2D eigenvalue weighted by Gasteiger charge is 2.53. The summed E-state index contributed by atoms with van der Waals surface area (Å²) in [6.07, 6.45) is 3.39. The molecule has 0 aromatic heterocycles. The molecule has 1 aliphatic carbocycles. The quantitative estimate of drug-likeness (QED) is 0.486. The van der Waals surface area contributed by atoms with Gasteiger partial charge in [0.05, 0.1) is 26.5 Å². The zero-order valence-electron chi connectivity index (χ0n) is 19.0. The minimum atomic E-state index is -3.18. The van der Waals surface area contributed by atoms with Gasteiger partial charge in [0.15, 0.2) is 11.5 Å². The van der Waals surface area contributed by atoms with Crippen LogP contribution in [0.25, 0.3) is 0 Å². The van der Waals surface area contributed by atoms with E-state index in [1.165, 1.54) is 6.42 Å². The molecule has 0 spiro atoms. The molecule has 0 radical (unpaired) electrons. The van der Waals surface area contributed by atoms with Crippen LogP contribution in [0, 0.1) is 17.3 Å². The number of benzene rings is 1. The lowest BCUT2D eigenvalue weighted by Crippen LogP contribution is -2.56. The summed E-state index contributed by atoms with van der Waals surface area (Å²) in [4.78, 5) is 0. The molecule has 1 heterocycles. The Morgan fingerprint density at radius 2 is 1.83 bits per heavy atom. The van der Waals surface area contributed by atoms with Gasteiger partial charge in [-0.15, -0.1) is 0 Å². The first kappa shape index (κ1) is 22.7. The normalized spacial score (nSPS) is 28.2. The van der Waals surface area contributed by atoms with Crippen LogP contribution >= 0.6 is 7.60 Å². The highest BCUT2D eigenvalue weighted by atomic mass is 31.2. The summed E-state index contributed by atoms with van der Waals surface area (Å²) in [7, 11) is -1.52. The van der Waals surface area contributed by atoms with Crippen LogP contribution in [0.1, 0.15) is 65.5 Å². The van der Waals surface area contributed by atoms with E-state index in [0.29, 0.717) is 30.8 Å². The van der Waals surface area contributed by atoms with Crippen LogP contribution in [0.3, 0.4) is 0 Å². The highest BCUT2D eigenvalue weighted by molar-refractivity contribution is 7.53. The fourth-order valence-electron chi connectivity index (χ4n) is 5.21. The zero-order chi connectivity index (χ0) is 21.4. The molecule has 0 bridgehead atoms. The summed E-state index contributed by atoms with van der Waals surface area (Å²) >= 11 is 0. The summed E-state index contributed by atoms with van der Waals surface area (Å²) in [5.74, 6) is 2.60. The van der Waals surface area contributed by atoms with Gasteiger partial charge in [0, 0.05) is 5.92 Å². The zero-order valence-corrected chi connectivity index (χ0v) is 19.9. The van der Waals surface area contributed by atoms with Crippen LogP contribution in [-0.4, -0.2) is 25.9 Å². The molecule has 1 aliphatic heterocycles. The molecular formula is C23H37O5P. The van der Waals surface area contributed by atoms with Crippen LogP contribution in [0.2, 0.25) is 0 Å². The molecule has 164 valence electrons. The van der Waals surface area contributed by atoms with Gasteiger partial charge in [-0.2, -0.15) is 0 Å². The van der Waals surface area contributed by atoms with E-state index in [1.807, 2.05) is 19.9 Å². The molecule has 3 atom stereocenters. The average Bonchev–Trinajstić information content (AvgIpc) is 2.64. The van der Waals surface area contributed by atoms with Crippen LogP contribution in [0.15, 0.2) is 12.1 Å². The second-order valence-corrected chi connectivity index (χ2v) is 11.4. The maximum atomic E-state index is 13.1. The number of hydrogen-bond donors (Lipinski definition) is 0. The van der Waals surface area contributed by atoms with E-state index in [4.69, 9.17) is 18.5 Å². The largest absolute Gasteiger partial charge is 0.493 e. The average molecular weight is 425 g/mol. The van der Waals surface area contributed by atoms with Crippen LogP contribution < -0.4 is 9.47 Å². The summed E-state index contributed by atoms with van der Waals surface area (Å²) in [5.41, 5.74) is 2.02. The number of hydrogen-bond acceptors (Lipinski definition) is 5. The Morgan fingerprint density at radius 3 is 2.41 bits per heavy atom. The lowest BCUT2D eigenvalue weighted by Gasteiger charge is -2.56. The monoisotopic (exact) mass is 424 g/mol. The van der Waals surface area contributed by atoms with E-state index < -0.39 is 7.60 Å². The standard InChI is InChI=1S/C23H37O5P/c1-8-26-29(24,27-9-2)15-17-12-18-14-20-22(4,5)16(3)10-11-23(20,6)28-21(18)19(13-17)25-7/h12-13,16,20H,8-11,14-15H2,1-7H3/t16-,20-,23-/m1/s1. The van der Waals surface area contributed by atoms with E-state index >= 15 is 0 Å². The first-order valence-corrected chi connectivity index (χ1v) is 12.6. The maximum Gasteiger partial charge on any atom is 0.335 e. The lowest BCUT2D eigenvalue weighted by atomic mass is 9.55. The molecule has 1 aromatic carbocycles. The van der Waals surface area contributed by atoms with Crippen molar-refractivity contribution in [2.75, 3.05) is 20.3 Å². The number of ether oxygens (including phenoxy) is 2. The molecule has 1 fully saturated rings. The van der Waals surface area contributed by atoms with Crippen molar-refractivity contribution in [1.82, 2.24) is 0 Å². The molecule has 0 amide bonds. The van der Waals surface area contributed by atoms with Crippen LogP contribution in [0.4, 0.5) is 0 Å². The maximum absolute atomic E-state index is 13.1. The SMILES string of the molecule is CCOP(=O)(Cc1cc2c(c(OC)c1)O[C@]1(C)CC[C@@H](C)C(C)(C)[C@H]1C2)OCC. The smallest absolute Gasteiger partial charge is 0.335 e. The first-order valence-electron chi connectivity index (χ1n) is 10.9. The molecule has 2 aliphatic rings. The van der Waals surface area contributed by atoms with Gasteiger partial charge in [0.1, 0.15) is 5.60 Å². The Morgan fingerprint density at radius 1 is 1.17 bits per heavy atom. The Bertz CT molecular complexity index is 780. The van der Waals surface area contributed by atoms with Gasteiger partial charge < -0.3 is 18.5 Å². The summed E-state index contributed by atoms with van der Waals surface area (Å²) in [6.45, 7) is 13.7.